The zero-order valence-electron chi connectivity index (χ0n) is 18.1. The maximum atomic E-state index is 12.8. The Morgan fingerprint density at radius 2 is 1.00 bits per heavy atom. The van der Waals surface area contributed by atoms with Crippen LogP contribution in [0.4, 0.5) is 17.6 Å². The molecule has 2 nitrogen and oxygen atoms in total. The Morgan fingerprint density at radius 1 is 0.778 bits per heavy atom. The Morgan fingerprint density at radius 3 is 1.07 bits per heavy atom. The van der Waals surface area contributed by atoms with E-state index in [1.807, 2.05) is 0 Å². The van der Waals surface area contributed by atoms with E-state index in [-0.39, 0.29) is 7.43 Å². The second-order valence-corrected chi connectivity index (χ2v) is 10.2. The van der Waals surface area contributed by atoms with Gasteiger partial charge in [-0.15, -0.1) is 0 Å². The van der Waals surface area contributed by atoms with Crippen LogP contribution in [0.2, 0.25) is 0 Å². The molecule has 2 rings (SSSR count). The highest BCUT2D eigenvalue weighted by atomic mass is 19.4. The molecule has 0 unspecified atom stereocenters. The lowest BCUT2D eigenvalue weighted by atomic mass is 10.00. The standard InChI is InChI=1S/C6H11FO.C5H10.C5H12.C4H7F3O.CH4/c1-6(7)2-4-8-5-3-6;1-5(2)3-4-5;1-5(2,3)4;1-3(2,8)4(5,6)7;/h2-5H2,1H3;3-4H2,1-2H3;1-4H3;8H,1-2H3;1H4. The third-order valence-electron chi connectivity index (χ3n) is 3.48. The summed E-state index contributed by atoms with van der Waals surface area (Å²) in [5.41, 5.74) is -2.26. The Labute approximate surface area is 165 Å². The van der Waals surface area contributed by atoms with Crippen molar-refractivity contribution in [1.82, 2.24) is 0 Å². The second-order valence-electron chi connectivity index (χ2n) is 10.2. The third-order valence-corrected chi connectivity index (χ3v) is 3.48. The SMILES string of the molecule is C.CC(C)(C)C.CC(C)(O)C(F)(F)F.CC1(C)CC1.CC1(F)CCOCC1. The molecule has 0 bridgehead atoms. The van der Waals surface area contributed by atoms with Crippen molar-refractivity contribution in [3.63, 3.8) is 0 Å². The first-order chi connectivity index (χ1) is 11.2. The number of aliphatic hydroxyl groups is 1. The summed E-state index contributed by atoms with van der Waals surface area (Å²) in [7, 11) is 0. The number of hydrogen-bond acceptors (Lipinski definition) is 2. The second kappa shape index (κ2) is 11.6. The first-order valence-electron chi connectivity index (χ1n) is 9.22. The molecule has 0 atom stereocenters. The third kappa shape index (κ3) is 25.6. The maximum Gasteiger partial charge on any atom is 0.416 e. The van der Waals surface area contributed by atoms with Gasteiger partial charge < -0.3 is 9.84 Å². The van der Waals surface area contributed by atoms with Crippen molar-refractivity contribution in [2.45, 2.75) is 113 Å². The molecule has 0 spiro atoms. The zero-order chi connectivity index (χ0) is 21.4. The van der Waals surface area contributed by atoms with Gasteiger partial charge in [0, 0.05) is 26.1 Å². The van der Waals surface area contributed by atoms with Gasteiger partial charge in [0.2, 0.25) is 0 Å². The largest absolute Gasteiger partial charge is 0.416 e. The number of ether oxygens (including phenoxy) is 1. The van der Waals surface area contributed by atoms with Crippen molar-refractivity contribution in [2.24, 2.45) is 10.8 Å². The van der Waals surface area contributed by atoms with Crippen molar-refractivity contribution in [3.05, 3.63) is 0 Å². The summed E-state index contributed by atoms with van der Waals surface area (Å²) in [6, 6.07) is 0. The summed E-state index contributed by atoms with van der Waals surface area (Å²) in [4.78, 5) is 0. The Balaban J connectivity index is -0.000000288. The molecule has 1 aliphatic heterocycles. The van der Waals surface area contributed by atoms with Gasteiger partial charge in [0.25, 0.3) is 0 Å². The van der Waals surface area contributed by atoms with Gasteiger partial charge in [-0.1, -0.05) is 49.0 Å². The molecule has 0 aromatic rings. The summed E-state index contributed by atoms with van der Waals surface area (Å²) < 4.78 is 51.7. The van der Waals surface area contributed by atoms with Gasteiger partial charge in [0.15, 0.2) is 5.60 Å². The van der Waals surface area contributed by atoms with Crippen LogP contribution in [0.5, 0.6) is 0 Å². The smallest absolute Gasteiger partial charge is 0.381 e. The quantitative estimate of drug-likeness (QED) is 0.428. The van der Waals surface area contributed by atoms with Crippen LogP contribution in [-0.2, 0) is 4.74 Å². The van der Waals surface area contributed by atoms with Gasteiger partial charge in [0.1, 0.15) is 5.67 Å². The molecular weight excluding hydrogens is 360 g/mol. The van der Waals surface area contributed by atoms with Crippen molar-refractivity contribution in [1.29, 1.82) is 0 Å². The lowest BCUT2D eigenvalue weighted by molar-refractivity contribution is -0.245. The molecular formula is C21H44F4O2. The molecule has 1 heterocycles. The van der Waals surface area contributed by atoms with E-state index in [4.69, 9.17) is 9.84 Å². The number of hydrogen-bond donors (Lipinski definition) is 1. The molecule has 6 heteroatoms. The van der Waals surface area contributed by atoms with Gasteiger partial charge in [0.05, 0.1) is 0 Å². The summed E-state index contributed by atoms with van der Waals surface area (Å²) in [6.07, 6.45) is -0.479. The van der Waals surface area contributed by atoms with Crippen molar-refractivity contribution < 1.29 is 27.4 Å². The van der Waals surface area contributed by atoms with Crippen LogP contribution in [0.25, 0.3) is 0 Å². The highest BCUT2D eigenvalue weighted by molar-refractivity contribution is 4.82. The van der Waals surface area contributed by atoms with Crippen molar-refractivity contribution in [3.8, 4) is 0 Å². The number of rotatable bonds is 0. The minimum Gasteiger partial charge on any atom is -0.381 e. The fraction of sp³-hybridized carbons (Fsp3) is 1.00. The number of alkyl halides is 4. The van der Waals surface area contributed by atoms with Crippen molar-refractivity contribution >= 4 is 0 Å². The normalized spacial score (nSPS) is 20.2. The average Bonchev–Trinajstić information content (AvgIpc) is 3.01. The lowest BCUT2D eigenvalue weighted by Gasteiger charge is -2.24. The Kier molecular flexibility index (Phi) is 13.5. The van der Waals surface area contributed by atoms with E-state index in [0.29, 0.717) is 45.3 Å². The molecule has 1 aliphatic carbocycles. The minimum absolute atomic E-state index is 0. The molecule has 1 saturated carbocycles. The number of halogens is 4. The molecule has 0 aromatic heterocycles. The predicted octanol–water partition coefficient (Wildman–Crippen LogP) is 7.34. The van der Waals surface area contributed by atoms with Gasteiger partial charge >= 0.3 is 6.18 Å². The highest BCUT2D eigenvalue weighted by Gasteiger charge is 2.45. The highest BCUT2D eigenvalue weighted by Crippen LogP contribution is 2.43. The molecule has 0 amide bonds. The van der Waals surface area contributed by atoms with E-state index in [2.05, 4.69) is 41.5 Å². The molecule has 2 aliphatic rings. The van der Waals surface area contributed by atoms with Crippen LogP contribution in [0.1, 0.15) is 95.4 Å². The van der Waals surface area contributed by atoms with E-state index in [1.54, 1.807) is 6.92 Å². The van der Waals surface area contributed by atoms with Crippen LogP contribution >= 0.6 is 0 Å². The molecule has 168 valence electrons. The van der Waals surface area contributed by atoms with E-state index in [9.17, 15) is 17.6 Å². The Hall–Kier alpha value is -0.360. The van der Waals surface area contributed by atoms with E-state index >= 15 is 0 Å². The monoisotopic (exact) mass is 404 g/mol. The topological polar surface area (TPSA) is 29.5 Å². The van der Waals surface area contributed by atoms with Crippen LogP contribution in [0.3, 0.4) is 0 Å². The summed E-state index contributed by atoms with van der Waals surface area (Å²) in [6.45, 7) is 17.6. The fourth-order valence-electron chi connectivity index (χ4n) is 1.05. The van der Waals surface area contributed by atoms with Gasteiger partial charge in [-0.2, -0.15) is 13.2 Å². The predicted molar refractivity (Wildman–Crippen MR) is 107 cm³/mol. The fourth-order valence-corrected chi connectivity index (χ4v) is 1.05. The van der Waals surface area contributed by atoms with Crippen LogP contribution in [-0.4, -0.2) is 35.8 Å². The van der Waals surface area contributed by atoms with Gasteiger partial charge in [-0.05, 0) is 44.4 Å². The lowest BCUT2D eigenvalue weighted by Crippen LogP contribution is -2.38. The van der Waals surface area contributed by atoms with Crippen LogP contribution in [0, 0.1) is 10.8 Å². The minimum atomic E-state index is -4.51. The van der Waals surface area contributed by atoms with E-state index < -0.39 is 17.4 Å². The Bertz CT molecular complexity index is 339. The molecule has 1 N–H and O–H groups in total. The first-order valence-corrected chi connectivity index (χ1v) is 9.22. The molecule has 2 fully saturated rings. The van der Waals surface area contributed by atoms with Gasteiger partial charge in [-0.3, -0.25) is 0 Å². The van der Waals surface area contributed by atoms with Gasteiger partial charge in [-0.25, -0.2) is 4.39 Å². The van der Waals surface area contributed by atoms with Crippen molar-refractivity contribution in [2.75, 3.05) is 13.2 Å². The summed E-state index contributed by atoms with van der Waals surface area (Å²) in [5.74, 6) is 0. The first kappa shape index (κ1) is 31.3. The van der Waals surface area contributed by atoms with Crippen LogP contribution < -0.4 is 0 Å². The zero-order valence-corrected chi connectivity index (χ0v) is 18.1. The van der Waals surface area contributed by atoms with E-state index in [1.165, 1.54) is 12.8 Å². The molecule has 27 heavy (non-hydrogen) atoms. The molecule has 0 radical (unpaired) electrons. The summed E-state index contributed by atoms with van der Waals surface area (Å²) in [5, 5.41) is 8.23. The molecule has 0 aromatic carbocycles. The average molecular weight is 405 g/mol. The maximum absolute atomic E-state index is 12.8. The van der Waals surface area contributed by atoms with Crippen LogP contribution in [0.15, 0.2) is 0 Å². The van der Waals surface area contributed by atoms with E-state index in [0.717, 1.165) is 5.41 Å². The molecule has 1 saturated heterocycles. The summed E-state index contributed by atoms with van der Waals surface area (Å²) >= 11 is 0.